The van der Waals surface area contributed by atoms with Gasteiger partial charge in [-0.1, -0.05) is 46.8 Å². The van der Waals surface area contributed by atoms with Crippen LogP contribution in [0.2, 0.25) is 0 Å². The molecule has 6 saturated carbocycles. The zero-order valence-electron chi connectivity index (χ0n) is 34.2. The molecule has 0 bridgehead atoms. The van der Waals surface area contributed by atoms with Crippen LogP contribution in [0.1, 0.15) is 145 Å². The smallest absolute Gasteiger partial charge is 0.309 e. The van der Waals surface area contributed by atoms with Crippen LogP contribution in [0.5, 0.6) is 0 Å². The summed E-state index contributed by atoms with van der Waals surface area (Å²) in [7, 11) is 0. The van der Waals surface area contributed by atoms with Crippen LogP contribution in [0.25, 0.3) is 0 Å². The van der Waals surface area contributed by atoms with Crippen LogP contribution in [0.4, 0.5) is 0 Å². The SMILES string of the molecule is C=C(C)[C@@H]1CC[C@]2(CC(=O)N3CCN(CC4CC4)CC3)CC[C@]3(C)[C@H](CC[C@@H]4[C@@]5(C)CC[C@H](OC(=O)CC(C)(C)C(=O)O)C(C)(C)[C@@H]5CC[C@]43C)[C@@H]12. The van der Waals surface area contributed by atoms with Crippen molar-refractivity contribution in [3.05, 3.63) is 12.2 Å². The Balaban J connectivity index is 1.09. The number of amides is 1. The van der Waals surface area contributed by atoms with Crippen molar-refractivity contribution in [2.45, 2.75) is 151 Å². The Bertz CT molecular complexity index is 1440. The predicted octanol–water partition coefficient (Wildman–Crippen LogP) is 9.00. The lowest BCUT2D eigenvalue weighted by Crippen LogP contribution is -2.67. The van der Waals surface area contributed by atoms with E-state index in [2.05, 4.69) is 57.9 Å². The van der Waals surface area contributed by atoms with Crippen LogP contribution < -0.4 is 0 Å². The van der Waals surface area contributed by atoms with Gasteiger partial charge >= 0.3 is 11.9 Å². The number of nitrogens with zero attached hydrogens (tertiary/aromatic N) is 2. The highest BCUT2D eigenvalue weighted by molar-refractivity contribution is 5.81. The third kappa shape index (κ3) is 6.12. The highest BCUT2D eigenvalue weighted by Gasteiger charge is 2.71. The third-order valence-electron chi connectivity index (χ3n) is 18.1. The summed E-state index contributed by atoms with van der Waals surface area (Å²) in [5, 5.41) is 9.62. The largest absolute Gasteiger partial charge is 0.481 e. The number of aliphatic carboxylic acids is 1. The Hall–Kier alpha value is -1.89. The molecule has 7 aliphatic rings. The molecular weight excluding hydrogens is 649 g/mol. The van der Waals surface area contributed by atoms with Gasteiger partial charge in [-0.05, 0) is 155 Å². The van der Waals surface area contributed by atoms with E-state index in [4.69, 9.17) is 4.74 Å². The monoisotopic (exact) mass is 721 g/mol. The van der Waals surface area contributed by atoms with Crippen LogP contribution in [0, 0.1) is 68.0 Å². The van der Waals surface area contributed by atoms with Crippen LogP contribution in [-0.2, 0) is 19.1 Å². The third-order valence-corrected chi connectivity index (χ3v) is 18.1. The van der Waals surface area contributed by atoms with E-state index in [0.717, 1.165) is 57.8 Å². The van der Waals surface area contributed by atoms with Gasteiger partial charge in [0.05, 0.1) is 11.8 Å². The number of hydrogen-bond acceptors (Lipinski definition) is 5. The zero-order chi connectivity index (χ0) is 37.6. The van der Waals surface area contributed by atoms with Crippen molar-refractivity contribution >= 4 is 17.8 Å². The Morgan fingerprint density at radius 1 is 0.808 bits per heavy atom. The molecule has 7 fully saturated rings. The first-order valence-electron chi connectivity index (χ1n) is 21.4. The Kier molecular flexibility index (Phi) is 9.68. The summed E-state index contributed by atoms with van der Waals surface area (Å²) in [4.78, 5) is 43.9. The van der Waals surface area contributed by atoms with Crippen molar-refractivity contribution in [2.75, 3.05) is 32.7 Å². The molecule has 1 aliphatic heterocycles. The number of rotatable bonds is 9. The van der Waals surface area contributed by atoms with Gasteiger partial charge in [0.15, 0.2) is 0 Å². The van der Waals surface area contributed by atoms with E-state index < -0.39 is 11.4 Å². The van der Waals surface area contributed by atoms with Gasteiger partial charge in [-0.2, -0.15) is 0 Å². The maximum atomic E-state index is 14.2. The second kappa shape index (κ2) is 13.1. The molecule has 7 heteroatoms. The lowest BCUT2D eigenvalue weighted by molar-refractivity contribution is -0.250. The second-order valence-corrected chi connectivity index (χ2v) is 21.6. The Labute approximate surface area is 315 Å². The number of hydrogen-bond donors (Lipinski definition) is 1. The van der Waals surface area contributed by atoms with Gasteiger partial charge in [0.25, 0.3) is 0 Å². The van der Waals surface area contributed by atoms with Crippen molar-refractivity contribution in [1.82, 2.24) is 9.80 Å². The van der Waals surface area contributed by atoms with Crippen molar-refractivity contribution in [3.63, 3.8) is 0 Å². The van der Waals surface area contributed by atoms with Gasteiger partial charge in [-0.25, -0.2) is 0 Å². The van der Waals surface area contributed by atoms with Crippen LogP contribution in [0.15, 0.2) is 12.2 Å². The lowest BCUT2D eigenvalue weighted by atomic mass is 9.32. The van der Waals surface area contributed by atoms with Crippen molar-refractivity contribution in [2.24, 2.45) is 68.0 Å². The molecule has 0 spiro atoms. The minimum atomic E-state index is -1.14. The first-order valence-corrected chi connectivity index (χ1v) is 21.4. The topological polar surface area (TPSA) is 87.2 Å². The van der Waals surface area contributed by atoms with E-state index in [1.54, 1.807) is 13.8 Å². The van der Waals surface area contributed by atoms with Crippen LogP contribution in [-0.4, -0.2) is 71.6 Å². The molecular formula is C45H72N2O5. The van der Waals surface area contributed by atoms with Gasteiger partial charge in [0.1, 0.15) is 6.10 Å². The Morgan fingerprint density at radius 3 is 2.13 bits per heavy atom. The number of carbonyl (C=O) groups is 3. The van der Waals surface area contributed by atoms with Crippen molar-refractivity contribution in [1.29, 1.82) is 0 Å². The average molecular weight is 721 g/mol. The maximum Gasteiger partial charge on any atom is 0.309 e. The molecule has 0 aromatic heterocycles. The van der Waals surface area contributed by atoms with E-state index >= 15 is 0 Å². The molecule has 292 valence electrons. The number of fused-ring (bicyclic) bond motifs is 7. The van der Waals surface area contributed by atoms with Crippen LogP contribution in [0.3, 0.4) is 0 Å². The first kappa shape index (κ1) is 38.4. The Morgan fingerprint density at radius 2 is 1.50 bits per heavy atom. The minimum absolute atomic E-state index is 0.0967. The fraction of sp³-hybridized carbons (Fsp3) is 0.889. The summed E-state index contributed by atoms with van der Waals surface area (Å²) in [6, 6.07) is 0. The number of carboxylic acids is 1. The fourth-order valence-corrected chi connectivity index (χ4v) is 14.7. The first-order chi connectivity index (χ1) is 24.3. The van der Waals surface area contributed by atoms with E-state index in [9.17, 15) is 19.5 Å². The molecule has 1 saturated heterocycles. The van der Waals surface area contributed by atoms with E-state index in [-0.39, 0.29) is 45.6 Å². The molecule has 10 atom stereocenters. The fourth-order valence-electron chi connectivity index (χ4n) is 14.7. The molecule has 6 aliphatic carbocycles. The quantitative estimate of drug-likeness (QED) is 0.189. The number of ether oxygens (including phenoxy) is 1. The van der Waals surface area contributed by atoms with Crippen molar-refractivity contribution < 1.29 is 24.2 Å². The summed E-state index contributed by atoms with van der Waals surface area (Å²) in [6.45, 7) is 27.7. The summed E-state index contributed by atoms with van der Waals surface area (Å²) >= 11 is 0. The molecule has 0 aromatic rings. The molecule has 7 nitrogen and oxygen atoms in total. The number of allylic oxidation sites excluding steroid dienone is 1. The van der Waals surface area contributed by atoms with Gasteiger partial charge in [-0.3, -0.25) is 19.3 Å². The highest BCUT2D eigenvalue weighted by atomic mass is 16.5. The minimum Gasteiger partial charge on any atom is -0.481 e. The van der Waals surface area contributed by atoms with E-state index in [0.29, 0.717) is 35.5 Å². The molecule has 0 unspecified atom stereocenters. The average Bonchev–Trinajstić information content (AvgIpc) is 3.79. The molecule has 1 heterocycles. The summed E-state index contributed by atoms with van der Waals surface area (Å²) in [5.74, 6) is 2.67. The van der Waals surface area contributed by atoms with Crippen LogP contribution >= 0.6 is 0 Å². The molecule has 7 rings (SSSR count). The second-order valence-electron chi connectivity index (χ2n) is 21.6. The molecule has 0 radical (unpaired) electrons. The zero-order valence-corrected chi connectivity index (χ0v) is 34.2. The summed E-state index contributed by atoms with van der Waals surface area (Å²) in [5.41, 5.74) is 0.691. The van der Waals surface area contributed by atoms with Gasteiger partial charge in [0, 0.05) is 44.6 Å². The molecule has 1 N–H and O–H groups in total. The van der Waals surface area contributed by atoms with E-state index in [1.165, 1.54) is 69.9 Å². The number of esters is 1. The number of piperazine rings is 1. The molecule has 1 amide bonds. The normalized spacial score (nSPS) is 43.0. The van der Waals surface area contributed by atoms with E-state index in [1.807, 2.05) is 0 Å². The summed E-state index contributed by atoms with van der Waals surface area (Å²) in [6.07, 6.45) is 14.7. The molecule has 52 heavy (non-hydrogen) atoms. The van der Waals surface area contributed by atoms with Gasteiger partial charge in [0.2, 0.25) is 5.91 Å². The highest BCUT2D eigenvalue weighted by Crippen LogP contribution is 2.78. The molecule has 0 aromatic carbocycles. The predicted molar refractivity (Wildman–Crippen MR) is 205 cm³/mol. The van der Waals surface area contributed by atoms with Gasteiger partial charge < -0.3 is 14.7 Å². The maximum absolute atomic E-state index is 14.2. The standard InChI is InChI=1S/C45H72N2O5/c1-29(2)31-14-19-45(26-36(48)47-24-22-46(23-25-47)28-30-10-11-30)21-20-43(8)32(38(31)45)12-13-34-42(7)17-16-35(52-37(49)27-40(3,4)39(50)51)41(5,6)33(42)15-18-44(34,43)9/h30-35,38H,1,10-28H2,2-9H3,(H,50,51)/t31-,32+,33-,34+,35-,38+,42-,43+,44+,45+/m0/s1. The summed E-state index contributed by atoms with van der Waals surface area (Å²) < 4.78 is 6.20. The number of carbonyl (C=O) groups excluding carboxylic acids is 2. The lowest BCUT2D eigenvalue weighted by Gasteiger charge is -2.73. The van der Waals surface area contributed by atoms with Gasteiger partial charge in [-0.15, -0.1) is 0 Å². The number of carboxylic acid groups (broad SMARTS) is 1. The van der Waals surface area contributed by atoms with Crippen molar-refractivity contribution in [3.8, 4) is 0 Å².